The van der Waals surface area contributed by atoms with E-state index in [0.717, 1.165) is 16.7 Å². The van der Waals surface area contributed by atoms with Crippen molar-refractivity contribution in [2.45, 2.75) is 0 Å². The van der Waals surface area contributed by atoms with Crippen molar-refractivity contribution in [3.63, 3.8) is 0 Å². The smallest absolute Gasteiger partial charge is 0.272 e. The Bertz CT molecular complexity index is 961. The lowest BCUT2D eigenvalue weighted by Crippen LogP contribution is -2.17. The van der Waals surface area contributed by atoms with E-state index >= 15 is 0 Å². The lowest BCUT2D eigenvalue weighted by atomic mass is 10.2. The van der Waals surface area contributed by atoms with Gasteiger partial charge >= 0.3 is 0 Å². The van der Waals surface area contributed by atoms with Crippen molar-refractivity contribution in [3.8, 4) is 17.2 Å². The molecule has 25 heavy (non-hydrogen) atoms. The molecular weight excluding hydrogens is 320 g/mol. The van der Waals surface area contributed by atoms with Crippen LogP contribution in [0, 0.1) is 0 Å². The fraction of sp³-hybridized carbons (Fsp3) is 0.211. The number of nitrogens with zero attached hydrogens (tertiary/aromatic N) is 1. The summed E-state index contributed by atoms with van der Waals surface area (Å²) in [6.45, 7) is 1.05. The Kier molecular flexibility index (Phi) is 3.72. The third-order valence-electron chi connectivity index (χ3n) is 4.30. The zero-order valence-corrected chi connectivity index (χ0v) is 14.0. The molecule has 0 atom stereocenters. The summed E-state index contributed by atoms with van der Waals surface area (Å²) in [7, 11) is 3.48. The van der Waals surface area contributed by atoms with Crippen molar-refractivity contribution in [2.75, 3.05) is 25.6 Å². The molecule has 0 aliphatic carbocycles. The number of methoxy groups -OCH3 is 1. The van der Waals surface area contributed by atoms with Crippen LogP contribution in [0.25, 0.3) is 10.9 Å². The molecule has 0 fully saturated rings. The van der Waals surface area contributed by atoms with Gasteiger partial charge in [0.15, 0.2) is 11.5 Å². The lowest BCUT2D eigenvalue weighted by Gasteiger charge is -2.19. The average Bonchev–Trinajstić information content (AvgIpc) is 2.99. The molecule has 2 aromatic carbocycles. The summed E-state index contributed by atoms with van der Waals surface area (Å²) in [5.41, 5.74) is 2.15. The van der Waals surface area contributed by atoms with Crippen molar-refractivity contribution in [1.82, 2.24) is 4.57 Å². The van der Waals surface area contributed by atoms with E-state index in [1.165, 1.54) is 0 Å². The number of nitrogens with one attached hydrogen (secondary N) is 1. The molecule has 128 valence electrons. The van der Waals surface area contributed by atoms with Crippen LogP contribution in [0.4, 0.5) is 5.69 Å². The SMILES string of the molecule is COc1cccc2c1cc(C(=O)Nc1ccc3c(c1)OCCO3)n2C. The minimum atomic E-state index is -0.197. The summed E-state index contributed by atoms with van der Waals surface area (Å²) in [5, 5.41) is 3.81. The van der Waals surface area contributed by atoms with Gasteiger partial charge in [-0.25, -0.2) is 0 Å². The Labute approximate surface area is 144 Å². The van der Waals surface area contributed by atoms with E-state index < -0.39 is 0 Å². The summed E-state index contributed by atoms with van der Waals surface area (Å²) in [4.78, 5) is 12.7. The highest BCUT2D eigenvalue weighted by Crippen LogP contribution is 2.33. The zero-order valence-electron chi connectivity index (χ0n) is 14.0. The van der Waals surface area contributed by atoms with Gasteiger partial charge in [0.25, 0.3) is 5.91 Å². The number of fused-ring (bicyclic) bond motifs is 2. The molecule has 1 amide bonds. The van der Waals surface area contributed by atoms with Gasteiger partial charge in [0.05, 0.1) is 12.6 Å². The minimum absolute atomic E-state index is 0.197. The number of carbonyl (C=O) groups excluding carboxylic acids is 1. The van der Waals surface area contributed by atoms with Gasteiger partial charge < -0.3 is 24.1 Å². The van der Waals surface area contributed by atoms with Crippen LogP contribution < -0.4 is 19.5 Å². The molecule has 6 heteroatoms. The normalized spacial score (nSPS) is 12.9. The molecule has 0 spiro atoms. The molecule has 1 aliphatic rings. The van der Waals surface area contributed by atoms with Crippen molar-refractivity contribution in [2.24, 2.45) is 7.05 Å². The van der Waals surface area contributed by atoms with E-state index in [0.29, 0.717) is 36.1 Å². The number of aryl methyl sites for hydroxylation is 1. The predicted molar refractivity (Wildman–Crippen MR) is 94.9 cm³/mol. The highest BCUT2D eigenvalue weighted by molar-refractivity contribution is 6.07. The van der Waals surface area contributed by atoms with E-state index in [1.807, 2.05) is 35.9 Å². The van der Waals surface area contributed by atoms with Crippen LogP contribution in [-0.2, 0) is 7.05 Å². The first-order chi connectivity index (χ1) is 12.2. The molecule has 0 unspecified atom stereocenters. The molecule has 0 saturated heterocycles. The first-order valence-electron chi connectivity index (χ1n) is 8.01. The van der Waals surface area contributed by atoms with Gasteiger partial charge in [-0.15, -0.1) is 0 Å². The fourth-order valence-electron chi connectivity index (χ4n) is 3.05. The maximum Gasteiger partial charge on any atom is 0.272 e. The molecule has 0 bridgehead atoms. The Morgan fingerprint density at radius 3 is 2.72 bits per heavy atom. The molecule has 1 aliphatic heterocycles. The van der Waals surface area contributed by atoms with E-state index in [4.69, 9.17) is 14.2 Å². The topological polar surface area (TPSA) is 61.7 Å². The predicted octanol–water partition coefficient (Wildman–Crippen LogP) is 3.21. The third kappa shape index (κ3) is 2.65. The van der Waals surface area contributed by atoms with Gasteiger partial charge in [-0.3, -0.25) is 4.79 Å². The quantitative estimate of drug-likeness (QED) is 0.796. The largest absolute Gasteiger partial charge is 0.496 e. The molecule has 1 aromatic heterocycles. The summed E-state index contributed by atoms with van der Waals surface area (Å²) >= 11 is 0. The summed E-state index contributed by atoms with van der Waals surface area (Å²) in [6.07, 6.45) is 0. The van der Waals surface area contributed by atoms with Crippen LogP contribution in [0.5, 0.6) is 17.2 Å². The highest BCUT2D eigenvalue weighted by atomic mass is 16.6. The number of carbonyl (C=O) groups is 1. The maximum absolute atomic E-state index is 12.7. The van der Waals surface area contributed by atoms with E-state index in [1.54, 1.807) is 25.3 Å². The van der Waals surface area contributed by atoms with Crippen LogP contribution in [0.2, 0.25) is 0 Å². The Morgan fingerprint density at radius 2 is 1.92 bits per heavy atom. The monoisotopic (exact) mass is 338 g/mol. The second kappa shape index (κ2) is 6.05. The number of anilines is 1. The Hall–Kier alpha value is -3.15. The molecule has 4 rings (SSSR count). The molecule has 1 N–H and O–H groups in total. The highest BCUT2D eigenvalue weighted by Gasteiger charge is 2.17. The van der Waals surface area contributed by atoms with Crippen LogP contribution in [-0.4, -0.2) is 30.8 Å². The number of hydrogen-bond donors (Lipinski definition) is 1. The molecule has 0 radical (unpaired) electrons. The summed E-state index contributed by atoms with van der Waals surface area (Å²) in [5.74, 6) is 1.88. The van der Waals surface area contributed by atoms with E-state index in [9.17, 15) is 4.79 Å². The van der Waals surface area contributed by atoms with Crippen molar-refractivity contribution >= 4 is 22.5 Å². The molecule has 6 nitrogen and oxygen atoms in total. The zero-order chi connectivity index (χ0) is 17.4. The van der Waals surface area contributed by atoms with E-state index in [2.05, 4.69) is 5.32 Å². The van der Waals surface area contributed by atoms with Gasteiger partial charge in [0, 0.05) is 24.2 Å². The van der Waals surface area contributed by atoms with Gasteiger partial charge in [0.2, 0.25) is 0 Å². The standard InChI is InChI=1S/C19H18N2O4/c1-21-14-4-3-5-16(23-2)13(14)11-15(21)19(22)20-12-6-7-17-18(10-12)25-9-8-24-17/h3-7,10-11H,8-9H2,1-2H3,(H,20,22). The summed E-state index contributed by atoms with van der Waals surface area (Å²) in [6, 6.07) is 13.0. The van der Waals surface area contributed by atoms with Crippen LogP contribution in [0.1, 0.15) is 10.5 Å². The van der Waals surface area contributed by atoms with Crippen molar-refractivity contribution in [3.05, 3.63) is 48.2 Å². The molecular formula is C19H18N2O4. The fourth-order valence-corrected chi connectivity index (χ4v) is 3.05. The molecule has 0 saturated carbocycles. The van der Waals surface area contributed by atoms with Crippen LogP contribution >= 0.6 is 0 Å². The second-order valence-electron chi connectivity index (χ2n) is 5.79. The van der Waals surface area contributed by atoms with Crippen molar-refractivity contribution in [1.29, 1.82) is 0 Å². The Morgan fingerprint density at radius 1 is 1.12 bits per heavy atom. The number of benzene rings is 2. The van der Waals surface area contributed by atoms with Crippen LogP contribution in [0.3, 0.4) is 0 Å². The van der Waals surface area contributed by atoms with E-state index in [-0.39, 0.29) is 5.91 Å². The van der Waals surface area contributed by atoms with Gasteiger partial charge in [-0.2, -0.15) is 0 Å². The number of rotatable bonds is 3. The average molecular weight is 338 g/mol. The number of ether oxygens (including phenoxy) is 3. The first kappa shape index (κ1) is 15.4. The van der Waals surface area contributed by atoms with Gasteiger partial charge in [-0.1, -0.05) is 6.07 Å². The number of hydrogen-bond acceptors (Lipinski definition) is 4. The maximum atomic E-state index is 12.7. The van der Waals surface area contributed by atoms with Crippen molar-refractivity contribution < 1.29 is 19.0 Å². The molecule has 2 heterocycles. The Balaban J connectivity index is 1.65. The number of aromatic nitrogens is 1. The van der Waals surface area contributed by atoms with Gasteiger partial charge in [0.1, 0.15) is 24.7 Å². The van der Waals surface area contributed by atoms with Crippen LogP contribution in [0.15, 0.2) is 42.5 Å². The first-order valence-corrected chi connectivity index (χ1v) is 8.01. The lowest BCUT2D eigenvalue weighted by molar-refractivity contribution is 0.101. The third-order valence-corrected chi connectivity index (χ3v) is 4.30. The van der Waals surface area contributed by atoms with Gasteiger partial charge in [-0.05, 0) is 30.3 Å². The minimum Gasteiger partial charge on any atom is -0.496 e. The number of amides is 1. The molecule has 3 aromatic rings. The summed E-state index contributed by atoms with van der Waals surface area (Å²) < 4.78 is 18.3. The second-order valence-corrected chi connectivity index (χ2v) is 5.79.